The largest absolute Gasteiger partial charge is 0.387 e. The SMILES string of the molecule is CC1(C(O)c2ccc(Cl)cc2F)CCCS1. The Morgan fingerprint density at radius 3 is 2.88 bits per heavy atom. The third kappa shape index (κ3) is 2.22. The summed E-state index contributed by atoms with van der Waals surface area (Å²) in [6, 6.07) is 4.45. The smallest absolute Gasteiger partial charge is 0.130 e. The number of aliphatic hydroxyl groups excluding tert-OH is 1. The van der Waals surface area contributed by atoms with Crippen LogP contribution in [0.25, 0.3) is 0 Å². The Morgan fingerprint density at radius 2 is 2.31 bits per heavy atom. The first-order chi connectivity index (χ1) is 7.53. The minimum atomic E-state index is -0.766. The number of hydrogen-bond acceptors (Lipinski definition) is 2. The van der Waals surface area contributed by atoms with Crippen molar-refractivity contribution in [1.29, 1.82) is 0 Å². The van der Waals surface area contributed by atoms with Crippen LogP contribution in [0.5, 0.6) is 0 Å². The maximum absolute atomic E-state index is 13.7. The van der Waals surface area contributed by atoms with E-state index < -0.39 is 11.9 Å². The highest BCUT2D eigenvalue weighted by Gasteiger charge is 2.38. The van der Waals surface area contributed by atoms with Crippen LogP contribution in [0.4, 0.5) is 4.39 Å². The molecule has 1 aliphatic heterocycles. The summed E-state index contributed by atoms with van der Waals surface area (Å²) in [5.41, 5.74) is 0.348. The van der Waals surface area contributed by atoms with Gasteiger partial charge in [-0.1, -0.05) is 17.7 Å². The third-order valence-corrected chi connectivity index (χ3v) is 4.90. The molecule has 1 N–H and O–H groups in total. The molecule has 88 valence electrons. The van der Waals surface area contributed by atoms with E-state index in [-0.39, 0.29) is 4.75 Å². The highest BCUT2D eigenvalue weighted by Crippen LogP contribution is 2.47. The fraction of sp³-hybridized carbons (Fsp3) is 0.500. The van der Waals surface area contributed by atoms with Crippen LogP contribution in [-0.2, 0) is 0 Å². The molecule has 2 rings (SSSR count). The summed E-state index contributed by atoms with van der Waals surface area (Å²) in [6.45, 7) is 1.99. The van der Waals surface area contributed by atoms with Gasteiger partial charge in [0.25, 0.3) is 0 Å². The van der Waals surface area contributed by atoms with Gasteiger partial charge in [-0.05, 0) is 37.7 Å². The van der Waals surface area contributed by atoms with Crippen LogP contribution in [0, 0.1) is 5.82 Å². The number of hydrogen-bond donors (Lipinski definition) is 1. The van der Waals surface area contributed by atoms with Gasteiger partial charge in [-0.2, -0.15) is 11.8 Å². The first-order valence-electron chi connectivity index (χ1n) is 5.30. The molecule has 1 aromatic rings. The lowest BCUT2D eigenvalue weighted by Crippen LogP contribution is -2.26. The van der Waals surface area contributed by atoms with Crippen molar-refractivity contribution in [2.75, 3.05) is 5.75 Å². The average molecular weight is 261 g/mol. The molecule has 1 aromatic carbocycles. The Bertz CT molecular complexity index is 391. The minimum Gasteiger partial charge on any atom is -0.387 e. The Balaban J connectivity index is 2.29. The second kappa shape index (κ2) is 4.55. The molecule has 1 aliphatic rings. The summed E-state index contributed by atoms with van der Waals surface area (Å²) in [6.07, 6.45) is 1.23. The van der Waals surface area contributed by atoms with Gasteiger partial charge in [0.2, 0.25) is 0 Å². The summed E-state index contributed by atoms with van der Waals surface area (Å²) < 4.78 is 13.4. The van der Waals surface area contributed by atoms with Crippen LogP contribution in [0.2, 0.25) is 5.02 Å². The van der Waals surface area contributed by atoms with Crippen molar-refractivity contribution >= 4 is 23.4 Å². The van der Waals surface area contributed by atoms with Gasteiger partial charge in [0.15, 0.2) is 0 Å². The second-order valence-electron chi connectivity index (χ2n) is 4.33. The summed E-state index contributed by atoms with van der Waals surface area (Å²) in [7, 11) is 0. The topological polar surface area (TPSA) is 20.2 Å². The highest BCUT2D eigenvalue weighted by atomic mass is 35.5. The number of benzene rings is 1. The average Bonchev–Trinajstić information content (AvgIpc) is 2.66. The standard InChI is InChI=1S/C12H14ClFOS/c1-12(5-2-6-16-12)11(15)9-4-3-8(13)7-10(9)14/h3-4,7,11,15H,2,5-6H2,1H3. The van der Waals surface area contributed by atoms with E-state index in [0.717, 1.165) is 18.6 Å². The van der Waals surface area contributed by atoms with Crippen molar-refractivity contribution in [3.8, 4) is 0 Å². The van der Waals surface area contributed by atoms with Crippen LogP contribution in [0.15, 0.2) is 18.2 Å². The Hall–Kier alpha value is -0.250. The third-order valence-electron chi connectivity index (χ3n) is 3.08. The van der Waals surface area contributed by atoms with E-state index in [0.29, 0.717) is 10.6 Å². The Labute approximate surface area is 104 Å². The minimum absolute atomic E-state index is 0.269. The van der Waals surface area contributed by atoms with Crippen molar-refractivity contribution in [2.45, 2.75) is 30.6 Å². The maximum atomic E-state index is 13.7. The fourth-order valence-corrected chi connectivity index (χ4v) is 3.56. The highest BCUT2D eigenvalue weighted by molar-refractivity contribution is 8.00. The fourth-order valence-electron chi connectivity index (χ4n) is 2.07. The normalized spacial score (nSPS) is 27.0. The lowest BCUT2D eigenvalue weighted by Gasteiger charge is -2.29. The first kappa shape index (κ1) is 12.2. The van der Waals surface area contributed by atoms with Crippen LogP contribution in [0.1, 0.15) is 31.4 Å². The molecule has 0 saturated carbocycles. The zero-order valence-corrected chi connectivity index (χ0v) is 10.6. The van der Waals surface area contributed by atoms with Gasteiger partial charge in [-0.25, -0.2) is 4.39 Å². The van der Waals surface area contributed by atoms with Crippen molar-refractivity contribution in [3.05, 3.63) is 34.6 Å². The van der Waals surface area contributed by atoms with Gasteiger partial charge < -0.3 is 5.11 Å². The molecule has 16 heavy (non-hydrogen) atoms. The van der Waals surface area contributed by atoms with Crippen molar-refractivity contribution < 1.29 is 9.50 Å². The predicted molar refractivity (Wildman–Crippen MR) is 66.5 cm³/mol. The van der Waals surface area contributed by atoms with Gasteiger partial charge in [0.05, 0.1) is 6.10 Å². The van der Waals surface area contributed by atoms with Crippen LogP contribution >= 0.6 is 23.4 Å². The summed E-state index contributed by atoms with van der Waals surface area (Å²) in [5, 5.41) is 10.6. The summed E-state index contributed by atoms with van der Waals surface area (Å²) in [5.74, 6) is 0.608. The van der Waals surface area contributed by atoms with Crippen molar-refractivity contribution in [3.63, 3.8) is 0 Å². The van der Waals surface area contributed by atoms with Crippen LogP contribution in [-0.4, -0.2) is 15.6 Å². The molecular formula is C12H14ClFOS. The molecule has 2 atom stereocenters. The second-order valence-corrected chi connectivity index (χ2v) is 6.40. The molecule has 0 radical (unpaired) electrons. The first-order valence-corrected chi connectivity index (χ1v) is 6.66. The molecule has 1 heterocycles. The lowest BCUT2D eigenvalue weighted by atomic mass is 9.92. The van der Waals surface area contributed by atoms with Crippen molar-refractivity contribution in [1.82, 2.24) is 0 Å². The van der Waals surface area contributed by atoms with E-state index in [1.807, 2.05) is 6.92 Å². The molecule has 0 spiro atoms. The maximum Gasteiger partial charge on any atom is 0.130 e. The molecule has 0 aromatic heterocycles. The van der Waals surface area contributed by atoms with E-state index in [9.17, 15) is 9.50 Å². The molecule has 0 bridgehead atoms. The zero-order chi connectivity index (χ0) is 11.8. The zero-order valence-electron chi connectivity index (χ0n) is 9.04. The van der Waals surface area contributed by atoms with E-state index in [1.165, 1.54) is 6.07 Å². The molecule has 0 aliphatic carbocycles. The monoisotopic (exact) mass is 260 g/mol. The molecule has 0 amide bonds. The number of halogens is 2. The Morgan fingerprint density at radius 1 is 1.56 bits per heavy atom. The van der Waals surface area contributed by atoms with E-state index in [1.54, 1.807) is 23.9 Å². The number of aliphatic hydroxyl groups is 1. The quantitative estimate of drug-likeness (QED) is 0.873. The molecule has 2 unspecified atom stereocenters. The van der Waals surface area contributed by atoms with Gasteiger partial charge in [0.1, 0.15) is 5.82 Å². The van der Waals surface area contributed by atoms with E-state index in [2.05, 4.69) is 0 Å². The Kier molecular flexibility index (Phi) is 3.48. The van der Waals surface area contributed by atoms with Gasteiger partial charge in [-0.3, -0.25) is 0 Å². The van der Waals surface area contributed by atoms with Gasteiger partial charge in [0, 0.05) is 15.3 Å². The van der Waals surface area contributed by atoms with E-state index in [4.69, 9.17) is 11.6 Å². The number of rotatable bonds is 2. The van der Waals surface area contributed by atoms with Crippen molar-refractivity contribution in [2.24, 2.45) is 0 Å². The van der Waals surface area contributed by atoms with Gasteiger partial charge in [-0.15, -0.1) is 0 Å². The number of thioether (sulfide) groups is 1. The predicted octanol–water partition coefficient (Wildman–Crippen LogP) is 3.80. The van der Waals surface area contributed by atoms with Gasteiger partial charge >= 0.3 is 0 Å². The molecule has 1 saturated heterocycles. The summed E-state index contributed by atoms with van der Waals surface area (Å²) >= 11 is 7.40. The summed E-state index contributed by atoms with van der Waals surface area (Å²) in [4.78, 5) is 0. The van der Waals surface area contributed by atoms with Crippen LogP contribution in [0.3, 0.4) is 0 Å². The molecule has 1 nitrogen and oxygen atoms in total. The molecule has 4 heteroatoms. The molecular weight excluding hydrogens is 247 g/mol. The molecule has 1 fully saturated rings. The van der Waals surface area contributed by atoms with Crippen LogP contribution < -0.4 is 0 Å². The van der Waals surface area contributed by atoms with E-state index >= 15 is 0 Å². The lowest BCUT2D eigenvalue weighted by molar-refractivity contribution is 0.131.